The zero-order chi connectivity index (χ0) is 39.6. The Bertz CT molecular complexity index is 1610. The lowest BCUT2D eigenvalue weighted by Crippen LogP contribution is -2.50. The fraction of sp³-hybridized carbons (Fsp3) is 0.526. The number of nitrogen functional groups attached to an aromatic ring is 2. The Morgan fingerprint density at radius 2 is 1.52 bits per heavy atom. The average molecular weight is 846 g/mol. The second-order valence-electron chi connectivity index (χ2n) is 13.6. The lowest BCUT2D eigenvalue weighted by atomic mass is 9.95. The van der Waals surface area contributed by atoms with Crippen molar-refractivity contribution in [3.8, 4) is 0 Å². The van der Waals surface area contributed by atoms with Crippen LogP contribution >= 0.6 is 36.4 Å². The van der Waals surface area contributed by atoms with Gasteiger partial charge in [0.05, 0.1) is 12.7 Å². The molecule has 0 aliphatic rings. The molecule has 3 aromatic rings. The predicted molar refractivity (Wildman–Crippen MR) is 223 cm³/mol. The highest BCUT2D eigenvalue weighted by Gasteiger charge is 2.31. The van der Waals surface area contributed by atoms with E-state index in [9.17, 15) is 30.0 Å². The van der Waals surface area contributed by atoms with Crippen LogP contribution in [-0.2, 0) is 13.0 Å². The number of anilines is 2. The van der Waals surface area contributed by atoms with Gasteiger partial charge in [0, 0.05) is 44.8 Å². The van der Waals surface area contributed by atoms with E-state index in [1.807, 2.05) is 42.2 Å². The molecule has 2 aromatic carbocycles. The molecule has 0 bridgehead atoms. The first-order valence-electron chi connectivity index (χ1n) is 18.4. The third-order valence-corrected chi connectivity index (χ3v) is 9.51. The number of rotatable bonds is 24. The van der Waals surface area contributed by atoms with Crippen molar-refractivity contribution in [2.24, 2.45) is 5.92 Å². The predicted octanol–water partition coefficient (Wildman–Crippen LogP) is 1.87. The zero-order valence-corrected chi connectivity index (χ0v) is 34.3. The van der Waals surface area contributed by atoms with Crippen LogP contribution in [0.5, 0.6) is 0 Å². The highest BCUT2D eigenvalue weighted by molar-refractivity contribution is 6.31. The summed E-state index contributed by atoms with van der Waals surface area (Å²) < 4.78 is 0. The number of hydrogen-bond acceptors (Lipinski definition) is 13. The van der Waals surface area contributed by atoms with E-state index in [1.54, 1.807) is 12.1 Å². The Kier molecular flexibility index (Phi) is 24.0. The smallest absolute Gasteiger partial charge is 0.273 e. The highest BCUT2D eigenvalue weighted by atomic mass is 35.5. The van der Waals surface area contributed by atoms with E-state index in [2.05, 4.69) is 38.9 Å². The van der Waals surface area contributed by atoms with Crippen LogP contribution in [-0.4, -0.2) is 123 Å². The van der Waals surface area contributed by atoms with Gasteiger partial charge < -0.3 is 53.0 Å². The van der Waals surface area contributed by atoms with Gasteiger partial charge in [-0.05, 0) is 61.1 Å². The monoisotopic (exact) mass is 844 g/mol. The number of halogens is 3. The van der Waals surface area contributed by atoms with Gasteiger partial charge in [-0.2, -0.15) is 0 Å². The van der Waals surface area contributed by atoms with Crippen LogP contribution in [0.4, 0.5) is 11.6 Å². The van der Waals surface area contributed by atoms with E-state index in [0.717, 1.165) is 42.4 Å². The molecule has 0 aliphatic heterocycles. The van der Waals surface area contributed by atoms with Crippen molar-refractivity contribution in [1.29, 1.82) is 0 Å². The van der Waals surface area contributed by atoms with Crippen molar-refractivity contribution in [2.75, 3.05) is 57.3 Å². The number of unbranched alkanes of at least 4 members (excludes halogenated alkanes) is 3. The van der Waals surface area contributed by atoms with Crippen LogP contribution in [0, 0.1) is 12.8 Å². The number of nitrogens with zero attached hydrogens (tertiary/aromatic N) is 3. The Hall–Kier alpha value is -3.35. The van der Waals surface area contributed by atoms with E-state index in [4.69, 9.17) is 28.2 Å². The van der Waals surface area contributed by atoms with Gasteiger partial charge in [-0.15, -0.1) is 24.8 Å². The topological polar surface area (TPSA) is 252 Å². The van der Waals surface area contributed by atoms with Crippen LogP contribution in [0.25, 0.3) is 0 Å². The molecule has 56 heavy (non-hydrogen) atoms. The normalized spacial score (nSPS) is 13.8. The summed E-state index contributed by atoms with van der Waals surface area (Å²) in [6.07, 6.45) is -1.64. The second-order valence-corrected chi connectivity index (χ2v) is 13.9. The number of aromatic nitrogens is 2. The molecule has 314 valence electrons. The number of aliphatic hydroxyl groups is 5. The molecule has 0 saturated heterocycles. The molecule has 18 heteroatoms. The molecule has 2 amide bonds. The molecule has 15 nitrogen and oxygen atoms in total. The Morgan fingerprint density at radius 3 is 2.18 bits per heavy atom. The summed E-state index contributed by atoms with van der Waals surface area (Å²) in [5, 5.41) is 58.7. The molecule has 5 atom stereocenters. The maximum atomic E-state index is 13.0. The van der Waals surface area contributed by atoms with Gasteiger partial charge >= 0.3 is 0 Å². The highest BCUT2D eigenvalue weighted by Crippen LogP contribution is 2.18. The Morgan fingerprint density at radius 1 is 0.839 bits per heavy atom. The number of benzene rings is 2. The summed E-state index contributed by atoms with van der Waals surface area (Å²) in [6.45, 7) is 6.12. The van der Waals surface area contributed by atoms with Gasteiger partial charge in [-0.1, -0.05) is 74.2 Å². The summed E-state index contributed by atoms with van der Waals surface area (Å²) in [4.78, 5) is 35.7. The minimum Gasteiger partial charge on any atom is -0.394 e. The number of hydrogen-bond donors (Lipinski definition) is 10. The summed E-state index contributed by atoms with van der Waals surface area (Å²) >= 11 is 5.97. The molecule has 1 aromatic heterocycles. The molecule has 1 unspecified atom stereocenters. The summed E-state index contributed by atoms with van der Waals surface area (Å²) in [7, 11) is 0. The fourth-order valence-electron chi connectivity index (χ4n) is 5.91. The van der Waals surface area contributed by atoms with Crippen LogP contribution in [0.2, 0.25) is 5.15 Å². The van der Waals surface area contributed by atoms with E-state index < -0.39 is 36.9 Å². The first-order valence-corrected chi connectivity index (χ1v) is 18.8. The number of aliphatic hydroxyl groups excluding tert-OH is 5. The summed E-state index contributed by atoms with van der Waals surface area (Å²) in [5.74, 6) is -0.916. The quantitative estimate of drug-likeness (QED) is 0.0579. The average Bonchev–Trinajstić information content (AvgIpc) is 3.16. The van der Waals surface area contributed by atoms with E-state index in [0.29, 0.717) is 44.7 Å². The molecule has 0 spiro atoms. The third-order valence-electron chi connectivity index (χ3n) is 9.23. The Balaban J connectivity index is 0.00000784. The molecular weight excluding hydrogens is 787 g/mol. The minimum atomic E-state index is -1.70. The molecule has 3 rings (SSSR count). The first-order chi connectivity index (χ1) is 25.8. The van der Waals surface area contributed by atoms with Gasteiger partial charge in [0.2, 0.25) is 0 Å². The van der Waals surface area contributed by atoms with E-state index >= 15 is 0 Å². The van der Waals surface area contributed by atoms with Crippen LogP contribution in [0.1, 0.15) is 70.1 Å². The largest absolute Gasteiger partial charge is 0.394 e. The van der Waals surface area contributed by atoms with Gasteiger partial charge in [-0.25, -0.2) is 9.97 Å². The summed E-state index contributed by atoms with van der Waals surface area (Å²) in [6, 6.07) is 15.3. The lowest BCUT2D eigenvalue weighted by molar-refractivity contribution is -0.119. The van der Waals surface area contributed by atoms with Crippen molar-refractivity contribution in [3.05, 3.63) is 81.6 Å². The van der Waals surface area contributed by atoms with Gasteiger partial charge in [-0.3, -0.25) is 14.5 Å². The third kappa shape index (κ3) is 16.6. The van der Waals surface area contributed by atoms with Crippen molar-refractivity contribution in [3.63, 3.8) is 0 Å². The number of carbonyl (C=O) groups excluding carboxylic acids is 2. The van der Waals surface area contributed by atoms with Crippen LogP contribution < -0.4 is 27.4 Å². The molecule has 1 heterocycles. The number of carbonyl (C=O) groups is 2. The number of aryl methyl sites for hydroxylation is 1. The number of nitrogens with one attached hydrogen (secondary N) is 3. The zero-order valence-electron chi connectivity index (χ0n) is 31.9. The fourth-order valence-corrected chi connectivity index (χ4v) is 6.04. The van der Waals surface area contributed by atoms with Crippen molar-refractivity contribution >= 4 is 59.9 Å². The molecule has 12 N–H and O–H groups in total. The van der Waals surface area contributed by atoms with Crippen molar-refractivity contribution < 1.29 is 35.1 Å². The molecular formula is C38H59Cl3N8O7. The van der Waals surface area contributed by atoms with Crippen LogP contribution in [0.15, 0.2) is 48.5 Å². The minimum absolute atomic E-state index is 0. The van der Waals surface area contributed by atoms with Crippen LogP contribution in [0.3, 0.4) is 0 Å². The maximum absolute atomic E-state index is 13.0. The van der Waals surface area contributed by atoms with Gasteiger partial charge in [0.1, 0.15) is 18.3 Å². The SMILES string of the molecule is CCCCCCN(CCNC(=O)c1ccc(CNCC(CNC(=O)c2nc(Cl)c(N)nc2N)Cc2ccccc2C)cc1)C[C@@H](O)[C@@H](O)[C@H](O)[C@H](O)CO.Cl.Cl. The second kappa shape index (κ2) is 26.5. The van der Waals surface area contributed by atoms with Gasteiger partial charge in [0.15, 0.2) is 22.5 Å². The first kappa shape index (κ1) is 50.7. The van der Waals surface area contributed by atoms with Gasteiger partial charge in [0.25, 0.3) is 11.8 Å². The van der Waals surface area contributed by atoms with Crippen molar-refractivity contribution in [2.45, 2.75) is 76.9 Å². The Labute approximate surface area is 346 Å². The maximum Gasteiger partial charge on any atom is 0.273 e. The van der Waals surface area contributed by atoms with Crippen molar-refractivity contribution in [1.82, 2.24) is 30.8 Å². The molecule has 0 radical (unpaired) electrons. The summed E-state index contributed by atoms with van der Waals surface area (Å²) in [5.41, 5.74) is 15.2. The molecule has 0 aliphatic carbocycles. The standard InChI is InChI=1S/C38H57ClN8O7.2ClH/c1-3-4-5-8-16-47(22-29(49)32(51)33(52)30(50)23-48)17-15-43-37(53)27-13-11-25(12-14-27)19-42-20-26(18-28-10-7-6-9-24(28)2)21-44-38(54)31-35(40)46-36(41)34(39)45-31;;/h6-7,9-14,26,29-30,32-33,42,48-52H,3-5,8,15-23H2,1-2H3,(H,43,53)(H,44,54)(H4,40,41,46);2*1H/t26?,29-,30-,32-,33-;;/m1../s1. The number of nitrogens with two attached hydrogens (primary N) is 2. The van der Waals surface area contributed by atoms with E-state index in [1.165, 1.54) is 0 Å². The molecule has 0 saturated carbocycles. The van der Waals surface area contributed by atoms with E-state index in [-0.39, 0.29) is 72.2 Å². The lowest BCUT2D eigenvalue weighted by Gasteiger charge is -2.30. The molecule has 0 fully saturated rings. The number of amides is 2.